The van der Waals surface area contributed by atoms with Crippen LogP contribution in [0.3, 0.4) is 0 Å². The molecule has 1 rings (SSSR count). The van der Waals surface area contributed by atoms with Crippen LogP contribution in [0.25, 0.3) is 0 Å². The van der Waals surface area contributed by atoms with E-state index < -0.39 is 0 Å². The zero-order valence-electron chi connectivity index (χ0n) is 7.02. The predicted molar refractivity (Wildman–Crippen MR) is 46.9 cm³/mol. The van der Waals surface area contributed by atoms with Crippen molar-refractivity contribution in [1.29, 1.82) is 10.8 Å². The predicted octanol–water partition coefficient (Wildman–Crippen LogP) is 1.30. The lowest BCUT2D eigenvalue weighted by atomic mass is 10.2. The van der Waals surface area contributed by atoms with E-state index in [1.165, 1.54) is 18.2 Å². The molecule has 0 heterocycles. The molecule has 70 valence electrons. The minimum absolute atomic E-state index is 0.0175. The Balaban J connectivity index is 3.24. The van der Waals surface area contributed by atoms with Crippen LogP contribution in [0.5, 0.6) is 0 Å². The van der Waals surface area contributed by atoms with E-state index in [4.69, 9.17) is 10.8 Å². The van der Waals surface area contributed by atoms with Gasteiger partial charge in [-0.2, -0.15) is 5.26 Å². The highest BCUT2D eigenvalue weighted by Gasteiger charge is 2.10. The smallest absolute Gasteiger partial charge is 0.267 e. The summed E-state index contributed by atoms with van der Waals surface area (Å²) in [5, 5.41) is 21.5. The third-order valence-electron chi connectivity index (χ3n) is 1.56. The minimum Gasteiger partial charge on any atom is -0.594 e. The summed E-state index contributed by atoms with van der Waals surface area (Å²) in [6.07, 6.45) is 0.378. The molecule has 2 N–H and O–H groups in total. The van der Waals surface area contributed by atoms with Crippen molar-refractivity contribution >= 4 is 17.8 Å². The molecule has 14 heavy (non-hydrogen) atoms. The molecule has 0 spiro atoms. The molecule has 0 aromatic heterocycles. The molecule has 0 radical (unpaired) electrons. The van der Waals surface area contributed by atoms with Gasteiger partial charge in [-0.1, -0.05) is 4.86 Å². The molecule has 6 heteroatoms. The number of hydrogen-bond donors (Lipinski definition) is 2. The van der Waals surface area contributed by atoms with Crippen LogP contribution >= 0.6 is 0 Å². The number of nitrogens with zero attached hydrogens (tertiary/aromatic N) is 2. The highest BCUT2D eigenvalue weighted by molar-refractivity contribution is 5.78. The van der Waals surface area contributed by atoms with Crippen molar-refractivity contribution in [3.63, 3.8) is 0 Å². The fourth-order valence-electron chi connectivity index (χ4n) is 0.962. The number of rotatable bonds is 3. The maximum Gasteiger partial charge on any atom is 0.267 e. The largest absolute Gasteiger partial charge is 0.594 e. The third kappa shape index (κ3) is 1.84. The lowest BCUT2D eigenvalue weighted by Crippen LogP contribution is -1.99. The molecule has 0 aliphatic heterocycles. The Morgan fingerprint density at radius 3 is 2.86 bits per heavy atom. The van der Waals surface area contributed by atoms with Crippen LogP contribution in [0, 0.1) is 22.1 Å². The molecule has 1 aromatic rings. The number of nitriles is 1. The molecule has 0 saturated heterocycles. The molecular formula is C8H6N4O2. The fraction of sp³-hybridized carbons (Fsp3) is 0. The monoisotopic (exact) mass is 190 g/mol. The van der Waals surface area contributed by atoms with Crippen LogP contribution < -0.4 is 5.32 Å². The van der Waals surface area contributed by atoms with Gasteiger partial charge in [0.15, 0.2) is 0 Å². The van der Waals surface area contributed by atoms with Gasteiger partial charge in [0.2, 0.25) is 6.41 Å². The second-order valence-electron chi connectivity index (χ2n) is 2.40. The molecule has 6 nitrogen and oxygen atoms in total. The van der Waals surface area contributed by atoms with Crippen molar-refractivity contribution in [3.8, 4) is 6.07 Å². The van der Waals surface area contributed by atoms with Gasteiger partial charge in [-0.3, -0.25) is 4.79 Å². The van der Waals surface area contributed by atoms with E-state index in [0.717, 1.165) is 0 Å². The minimum atomic E-state index is -0.132. The van der Waals surface area contributed by atoms with Gasteiger partial charge in [0.1, 0.15) is 5.69 Å². The van der Waals surface area contributed by atoms with Crippen molar-refractivity contribution in [1.82, 2.24) is 0 Å². The van der Waals surface area contributed by atoms with Crippen molar-refractivity contribution < 1.29 is 9.66 Å². The number of hydrogen-bond acceptors (Lipinski definition) is 4. The molecule has 0 unspecified atom stereocenters. The van der Waals surface area contributed by atoms with Gasteiger partial charge in [0.05, 0.1) is 11.6 Å². The summed E-state index contributed by atoms with van der Waals surface area (Å²) in [7, 11) is 0. The lowest BCUT2D eigenvalue weighted by Gasteiger charge is -2.03. The first-order valence-corrected chi connectivity index (χ1v) is 3.62. The summed E-state index contributed by atoms with van der Waals surface area (Å²) in [5.41, 5.74) is 7.24. The van der Waals surface area contributed by atoms with Crippen LogP contribution in [-0.4, -0.2) is 11.3 Å². The van der Waals surface area contributed by atoms with Crippen molar-refractivity contribution in [2.24, 2.45) is 0 Å². The van der Waals surface area contributed by atoms with E-state index in [1.807, 2.05) is 6.07 Å². The van der Waals surface area contributed by atoms with E-state index in [2.05, 4.69) is 5.32 Å². The molecule has 0 saturated carbocycles. The standard InChI is InChI=1S/C8H6N4O2/c9-4-6-1-2-8(12(10)14)7(3-6)11-5-13/h1-3,5,10H,(H,11,13). The first kappa shape index (κ1) is 9.67. The summed E-state index contributed by atoms with van der Waals surface area (Å²) in [6, 6.07) is 5.87. The van der Waals surface area contributed by atoms with Gasteiger partial charge in [0, 0.05) is 6.07 Å². The molecular weight excluding hydrogens is 184 g/mol. The Morgan fingerprint density at radius 1 is 1.64 bits per heavy atom. The summed E-state index contributed by atoms with van der Waals surface area (Å²) >= 11 is 0. The van der Waals surface area contributed by atoms with Crippen LogP contribution in [0.2, 0.25) is 0 Å². The Labute approximate surface area is 79.5 Å². The molecule has 0 fully saturated rings. The number of anilines is 1. The SMILES string of the molecule is N#Cc1ccc([N+](=N)[O-])c(NC=O)c1. The first-order chi connectivity index (χ1) is 6.69. The molecule has 0 aliphatic rings. The highest BCUT2D eigenvalue weighted by atomic mass is 16.5. The van der Waals surface area contributed by atoms with Crippen LogP contribution in [0.1, 0.15) is 5.56 Å². The summed E-state index contributed by atoms with van der Waals surface area (Å²) in [6.45, 7) is 0. The molecule has 1 aromatic carbocycles. The lowest BCUT2D eigenvalue weighted by molar-refractivity contribution is -0.464. The van der Waals surface area contributed by atoms with Gasteiger partial charge in [-0.15, -0.1) is 0 Å². The Kier molecular flexibility index (Phi) is 2.76. The Hall–Kier alpha value is -2.42. The van der Waals surface area contributed by atoms with Gasteiger partial charge >= 0.3 is 0 Å². The van der Waals surface area contributed by atoms with Gasteiger partial charge in [-0.05, 0) is 17.7 Å². The van der Waals surface area contributed by atoms with E-state index in [-0.39, 0.29) is 16.2 Å². The highest BCUT2D eigenvalue weighted by Crippen LogP contribution is 2.24. The average Bonchev–Trinajstić information content (AvgIpc) is 2.17. The second-order valence-corrected chi connectivity index (χ2v) is 2.40. The summed E-state index contributed by atoms with van der Waals surface area (Å²) in [5.74, 6) is 0. The maximum absolute atomic E-state index is 10.7. The number of benzene rings is 1. The van der Waals surface area contributed by atoms with Crippen molar-refractivity contribution in [2.45, 2.75) is 0 Å². The molecule has 0 atom stereocenters. The zero-order chi connectivity index (χ0) is 10.6. The van der Waals surface area contributed by atoms with Crippen LogP contribution in [0.4, 0.5) is 11.4 Å². The number of nitrogens with one attached hydrogen (secondary N) is 2. The number of carbonyl (C=O) groups is 1. The van der Waals surface area contributed by atoms with E-state index in [9.17, 15) is 10.0 Å². The first-order valence-electron chi connectivity index (χ1n) is 3.62. The van der Waals surface area contributed by atoms with E-state index >= 15 is 0 Å². The fourth-order valence-corrected chi connectivity index (χ4v) is 0.962. The van der Waals surface area contributed by atoms with Crippen LogP contribution in [0.15, 0.2) is 18.2 Å². The molecule has 0 aliphatic carbocycles. The second kappa shape index (κ2) is 4.00. The maximum atomic E-state index is 10.7. The third-order valence-corrected chi connectivity index (χ3v) is 1.56. The normalized spacial score (nSPS) is 8.79. The van der Waals surface area contributed by atoms with E-state index in [0.29, 0.717) is 12.0 Å². The summed E-state index contributed by atoms with van der Waals surface area (Å²) < 4.78 is 0. The van der Waals surface area contributed by atoms with Gasteiger partial charge in [0.25, 0.3) is 5.69 Å². The molecule has 0 bridgehead atoms. The topological polar surface area (TPSA) is 103 Å². The summed E-state index contributed by atoms with van der Waals surface area (Å²) in [4.78, 5) is 10.0. The zero-order valence-corrected chi connectivity index (χ0v) is 7.02. The average molecular weight is 190 g/mol. The van der Waals surface area contributed by atoms with Crippen molar-refractivity contribution in [2.75, 3.05) is 5.32 Å². The van der Waals surface area contributed by atoms with E-state index in [1.54, 1.807) is 0 Å². The van der Waals surface area contributed by atoms with Crippen molar-refractivity contribution in [3.05, 3.63) is 29.0 Å². The number of amides is 1. The van der Waals surface area contributed by atoms with Gasteiger partial charge in [-0.25, -0.2) is 0 Å². The van der Waals surface area contributed by atoms with Gasteiger partial charge < -0.3 is 10.5 Å². The Bertz CT molecular complexity index is 422. The Morgan fingerprint density at radius 2 is 2.36 bits per heavy atom. The number of carbonyl (C=O) groups excluding carboxylic acids is 1. The quantitative estimate of drug-likeness (QED) is 0.325. The van der Waals surface area contributed by atoms with Crippen LogP contribution in [-0.2, 0) is 4.79 Å². The molecule has 1 amide bonds.